The molecular weight excluding hydrogens is 150 g/mol. The van der Waals surface area contributed by atoms with E-state index in [0.717, 1.165) is 25.7 Å². The van der Waals surface area contributed by atoms with Gasteiger partial charge in [-0.25, -0.2) is 0 Å². The van der Waals surface area contributed by atoms with Crippen molar-refractivity contribution in [1.82, 2.24) is 0 Å². The van der Waals surface area contributed by atoms with Crippen LogP contribution in [0, 0.1) is 5.41 Å². The Hall–Kier alpha value is -0.0800. The fourth-order valence-electron chi connectivity index (χ4n) is 1.98. The van der Waals surface area contributed by atoms with Gasteiger partial charge < -0.3 is 10.8 Å². The summed E-state index contributed by atoms with van der Waals surface area (Å²) in [7, 11) is 0. The summed E-state index contributed by atoms with van der Waals surface area (Å²) in [6.07, 6.45) is 4.19. The molecule has 0 radical (unpaired) electrons. The van der Waals surface area contributed by atoms with Crippen LogP contribution < -0.4 is 5.73 Å². The number of hydrogen-bond donors (Lipinski definition) is 2. The normalized spacial score (nSPS) is 18.8. The molecule has 2 nitrogen and oxygen atoms in total. The lowest BCUT2D eigenvalue weighted by molar-refractivity contribution is 0.135. The lowest BCUT2D eigenvalue weighted by Gasteiger charge is -2.36. The summed E-state index contributed by atoms with van der Waals surface area (Å²) in [6, 6.07) is 0.189. The Morgan fingerprint density at radius 2 is 1.92 bits per heavy atom. The van der Waals surface area contributed by atoms with E-state index in [2.05, 4.69) is 20.8 Å². The van der Waals surface area contributed by atoms with Crippen LogP contribution in [0.15, 0.2) is 0 Å². The second kappa shape index (κ2) is 5.55. The van der Waals surface area contributed by atoms with Gasteiger partial charge in [-0.2, -0.15) is 0 Å². The van der Waals surface area contributed by atoms with Crippen LogP contribution in [0.5, 0.6) is 0 Å². The Kier molecular flexibility index (Phi) is 5.51. The second-order valence-electron chi connectivity index (χ2n) is 3.73. The molecule has 12 heavy (non-hydrogen) atoms. The lowest BCUT2D eigenvalue weighted by Crippen LogP contribution is -2.39. The van der Waals surface area contributed by atoms with Gasteiger partial charge >= 0.3 is 0 Å². The van der Waals surface area contributed by atoms with Crippen LogP contribution >= 0.6 is 0 Å². The van der Waals surface area contributed by atoms with Gasteiger partial charge in [-0.05, 0) is 31.6 Å². The van der Waals surface area contributed by atoms with Gasteiger partial charge in [0, 0.05) is 12.6 Å². The van der Waals surface area contributed by atoms with Crippen molar-refractivity contribution in [2.75, 3.05) is 6.61 Å². The molecule has 0 amide bonds. The van der Waals surface area contributed by atoms with E-state index in [4.69, 9.17) is 10.8 Å². The molecular formula is C10H23NO. The molecule has 0 aromatic rings. The number of aliphatic hydroxyl groups excluding tert-OH is 1. The fourth-order valence-corrected chi connectivity index (χ4v) is 1.98. The van der Waals surface area contributed by atoms with E-state index >= 15 is 0 Å². The van der Waals surface area contributed by atoms with Crippen molar-refractivity contribution in [3.8, 4) is 0 Å². The first-order valence-electron chi connectivity index (χ1n) is 4.99. The van der Waals surface area contributed by atoms with Crippen molar-refractivity contribution in [3.63, 3.8) is 0 Å². The number of hydrogen-bond acceptors (Lipinski definition) is 2. The monoisotopic (exact) mass is 173 g/mol. The van der Waals surface area contributed by atoms with Crippen LogP contribution in [-0.4, -0.2) is 17.8 Å². The molecule has 74 valence electrons. The molecule has 0 aliphatic heterocycles. The van der Waals surface area contributed by atoms with E-state index in [9.17, 15) is 0 Å². The van der Waals surface area contributed by atoms with Gasteiger partial charge in [-0.1, -0.05) is 20.3 Å². The second-order valence-corrected chi connectivity index (χ2v) is 3.73. The summed E-state index contributed by atoms with van der Waals surface area (Å²) in [4.78, 5) is 0. The van der Waals surface area contributed by atoms with Crippen molar-refractivity contribution in [1.29, 1.82) is 0 Å². The maximum atomic E-state index is 8.95. The van der Waals surface area contributed by atoms with Crippen molar-refractivity contribution in [3.05, 3.63) is 0 Å². The average Bonchev–Trinajstić information content (AvgIpc) is 2.03. The SMILES string of the molecule is CCCC(CC)(CCO)C(C)N. The molecule has 2 unspecified atom stereocenters. The minimum absolute atomic E-state index is 0.170. The third kappa shape index (κ3) is 2.76. The van der Waals surface area contributed by atoms with E-state index in [-0.39, 0.29) is 18.1 Å². The highest BCUT2D eigenvalue weighted by Gasteiger charge is 2.30. The quantitative estimate of drug-likeness (QED) is 0.644. The molecule has 0 aromatic carbocycles. The van der Waals surface area contributed by atoms with E-state index in [1.165, 1.54) is 0 Å². The topological polar surface area (TPSA) is 46.2 Å². The maximum Gasteiger partial charge on any atom is 0.0436 e. The van der Waals surface area contributed by atoms with Crippen LogP contribution in [0.1, 0.15) is 46.5 Å². The highest BCUT2D eigenvalue weighted by molar-refractivity contribution is 4.85. The molecule has 3 N–H and O–H groups in total. The molecule has 0 heterocycles. The highest BCUT2D eigenvalue weighted by Crippen LogP contribution is 2.34. The van der Waals surface area contributed by atoms with Gasteiger partial charge in [0.25, 0.3) is 0 Å². The summed E-state index contributed by atoms with van der Waals surface area (Å²) < 4.78 is 0. The Labute approximate surface area is 76.2 Å². The molecule has 0 rings (SSSR count). The first-order chi connectivity index (χ1) is 5.63. The molecule has 0 spiro atoms. The van der Waals surface area contributed by atoms with Crippen LogP contribution in [0.25, 0.3) is 0 Å². The van der Waals surface area contributed by atoms with Gasteiger partial charge in [-0.3, -0.25) is 0 Å². The molecule has 0 aliphatic rings. The molecule has 0 saturated carbocycles. The van der Waals surface area contributed by atoms with E-state index in [1.807, 2.05) is 0 Å². The highest BCUT2D eigenvalue weighted by atomic mass is 16.3. The van der Waals surface area contributed by atoms with Crippen molar-refractivity contribution >= 4 is 0 Å². The van der Waals surface area contributed by atoms with Crippen molar-refractivity contribution in [2.24, 2.45) is 11.1 Å². The fraction of sp³-hybridized carbons (Fsp3) is 1.00. The van der Waals surface area contributed by atoms with Gasteiger partial charge in [0.2, 0.25) is 0 Å². The molecule has 2 atom stereocenters. The van der Waals surface area contributed by atoms with E-state index in [0.29, 0.717) is 0 Å². The predicted octanol–water partition coefficient (Wildman–Crippen LogP) is 1.91. The Bertz CT molecular complexity index is 106. The van der Waals surface area contributed by atoms with Crippen molar-refractivity contribution in [2.45, 2.75) is 52.5 Å². The van der Waals surface area contributed by atoms with Gasteiger partial charge in [-0.15, -0.1) is 0 Å². The molecule has 0 aromatic heterocycles. The summed E-state index contributed by atoms with van der Waals surface area (Å²) in [5.74, 6) is 0. The van der Waals surface area contributed by atoms with Gasteiger partial charge in [0.05, 0.1) is 0 Å². The zero-order valence-electron chi connectivity index (χ0n) is 8.64. The summed E-state index contributed by atoms with van der Waals surface area (Å²) in [5.41, 5.74) is 6.11. The molecule has 0 saturated heterocycles. The van der Waals surface area contributed by atoms with Crippen molar-refractivity contribution < 1.29 is 5.11 Å². The summed E-state index contributed by atoms with van der Waals surface area (Å²) in [5, 5.41) is 8.95. The summed E-state index contributed by atoms with van der Waals surface area (Å²) >= 11 is 0. The van der Waals surface area contributed by atoms with Gasteiger partial charge in [0.1, 0.15) is 0 Å². The molecule has 2 heteroatoms. The standard InChI is InChI=1S/C10H23NO/c1-4-6-10(5-2,7-8-12)9(3)11/h9,12H,4-8,11H2,1-3H3. The molecule has 0 aliphatic carbocycles. The maximum absolute atomic E-state index is 8.95. The third-order valence-electron chi connectivity index (χ3n) is 3.03. The predicted molar refractivity (Wildman–Crippen MR) is 53.0 cm³/mol. The number of nitrogens with two attached hydrogens (primary N) is 1. The Morgan fingerprint density at radius 1 is 1.33 bits per heavy atom. The minimum Gasteiger partial charge on any atom is -0.396 e. The van der Waals surface area contributed by atoms with E-state index < -0.39 is 0 Å². The van der Waals surface area contributed by atoms with Gasteiger partial charge in [0.15, 0.2) is 0 Å². The van der Waals surface area contributed by atoms with Crippen LogP contribution in [0.4, 0.5) is 0 Å². The lowest BCUT2D eigenvalue weighted by atomic mass is 9.73. The first kappa shape index (κ1) is 11.9. The number of rotatable bonds is 6. The zero-order valence-corrected chi connectivity index (χ0v) is 8.64. The smallest absolute Gasteiger partial charge is 0.0436 e. The van der Waals surface area contributed by atoms with Crippen LogP contribution in [0.3, 0.4) is 0 Å². The van der Waals surface area contributed by atoms with Crippen LogP contribution in [-0.2, 0) is 0 Å². The Morgan fingerprint density at radius 3 is 2.17 bits per heavy atom. The molecule has 0 fully saturated rings. The Balaban J connectivity index is 4.28. The minimum atomic E-state index is 0.170. The van der Waals surface area contributed by atoms with Crippen LogP contribution in [0.2, 0.25) is 0 Å². The third-order valence-corrected chi connectivity index (χ3v) is 3.03. The largest absolute Gasteiger partial charge is 0.396 e. The first-order valence-corrected chi connectivity index (χ1v) is 4.99. The zero-order chi connectivity index (χ0) is 9.61. The number of aliphatic hydroxyl groups is 1. The van der Waals surface area contributed by atoms with E-state index in [1.54, 1.807) is 0 Å². The summed E-state index contributed by atoms with van der Waals surface area (Å²) in [6.45, 7) is 6.64. The molecule has 0 bridgehead atoms. The average molecular weight is 173 g/mol.